The van der Waals surface area contributed by atoms with Crippen molar-refractivity contribution in [3.05, 3.63) is 35.9 Å². The maximum Gasteiger partial charge on any atom is 0.251 e. The van der Waals surface area contributed by atoms with Crippen molar-refractivity contribution in [3.8, 4) is 0 Å². The minimum Gasteiger partial charge on any atom is -0.349 e. The summed E-state index contributed by atoms with van der Waals surface area (Å²) in [6.07, 6.45) is 1.28. The van der Waals surface area contributed by atoms with Crippen LogP contribution in [0.1, 0.15) is 37.0 Å². The molecule has 3 unspecified atom stereocenters. The van der Waals surface area contributed by atoms with Crippen molar-refractivity contribution in [2.75, 3.05) is 13.1 Å². The van der Waals surface area contributed by atoms with Crippen molar-refractivity contribution in [2.24, 2.45) is 11.7 Å². The SMILES string of the molecule is CC(CC(=O)N1CC(CN)CC1C)NC(=O)c1ccccc1. The lowest BCUT2D eigenvalue weighted by Crippen LogP contribution is -2.40. The number of carbonyl (C=O) groups is 2. The maximum atomic E-state index is 12.4. The molecule has 2 amide bonds. The number of nitrogens with one attached hydrogen (secondary N) is 1. The zero-order valence-corrected chi connectivity index (χ0v) is 13.3. The highest BCUT2D eigenvalue weighted by atomic mass is 16.2. The molecule has 1 saturated heterocycles. The molecule has 1 aliphatic rings. The molecule has 22 heavy (non-hydrogen) atoms. The zero-order valence-electron chi connectivity index (χ0n) is 13.3. The van der Waals surface area contributed by atoms with E-state index in [1.54, 1.807) is 12.1 Å². The Kier molecular flexibility index (Phi) is 5.55. The van der Waals surface area contributed by atoms with Crippen LogP contribution in [0.2, 0.25) is 0 Å². The number of rotatable bonds is 5. The van der Waals surface area contributed by atoms with Crippen molar-refractivity contribution in [1.29, 1.82) is 0 Å². The van der Waals surface area contributed by atoms with Gasteiger partial charge in [-0.15, -0.1) is 0 Å². The summed E-state index contributed by atoms with van der Waals surface area (Å²) in [4.78, 5) is 26.3. The molecule has 3 N–H and O–H groups in total. The van der Waals surface area contributed by atoms with E-state index < -0.39 is 0 Å². The van der Waals surface area contributed by atoms with Crippen LogP contribution in [0, 0.1) is 5.92 Å². The lowest BCUT2D eigenvalue weighted by Gasteiger charge is -2.23. The Morgan fingerprint density at radius 2 is 2.05 bits per heavy atom. The number of hydrogen-bond acceptors (Lipinski definition) is 3. The monoisotopic (exact) mass is 303 g/mol. The number of nitrogens with two attached hydrogens (primary N) is 1. The van der Waals surface area contributed by atoms with E-state index in [-0.39, 0.29) is 23.9 Å². The Morgan fingerprint density at radius 3 is 2.64 bits per heavy atom. The Labute approximate surface area is 131 Å². The van der Waals surface area contributed by atoms with Crippen LogP contribution in [0.3, 0.4) is 0 Å². The van der Waals surface area contributed by atoms with Crippen molar-refractivity contribution in [2.45, 2.75) is 38.8 Å². The van der Waals surface area contributed by atoms with Gasteiger partial charge in [0.1, 0.15) is 0 Å². The Morgan fingerprint density at radius 1 is 1.36 bits per heavy atom. The molecular formula is C17H25N3O2. The van der Waals surface area contributed by atoms with Crippen LogP contribution >= 0.6 is 0 Å². The molecule has 0 aromatic heterocycles. The third-order valence-electron chi connectivity index (χ3n) is 4.21. The van der Waals surface area contributed by atoms with Gasteiger partial charge in [0.25, 0.3) is 5.91 Å². The smallest absolute Gasteiger partial charge is 0.251 e. The zero-order chi connectivity index (χ0) is 16.1. The van der Waals surface area contributed by atoms with E-state index in [4.69, 9.17) is 5.73 Å². The van der Waals surface area contributed by atoms with E-state index in [1.165, 1.54) is 0 Å². The summed E-state index contributed by atoms with van der Waals surface area (Å²) in [5, 5.41) is 2.88. The fourth-order valence-corrected chi connectivity index (χ4v) is 2.99. The molecule has 0 spiro atoms. The highest BCUT2D eigenvalue weighted by molar-refractivity contribution is 5.94. The quantitative estimate of drug-likeness (QED) is 0.863. The number of amides is 2. The third kappa shape index (κ3) is 4.07. The first kappa shape index (κ1) is 16.5. The summed E-state index contributed by atoms with van der Waals surface area (Å²) in [6, 6.07) is 9.08. The maximum absolute atomic E-state index is 12.4. The average molecular weight is 303 g/mol. The molecule has 1 aromatic rings. The molecule has 0 bridgehead atoms. The van der Waals surface area contributed by atoms with Gasteiger partial charge in [0.15, 0.2) is 0 Å². The van der Waals surface area contributed by atoms with Crippen LogP contribution in [0.4, 0.5) is 0 Å². The van der Waals surface area contributed by atoms with Crippen LogP contribution < -0.4 is 11.1 Å². The van der Waals surface area contributed by atoms with Gasteiger partial charge in [0.05, 0.1) is 0 Å². The second-order valence-electron chi connectivity index (χ2n) is 6.18. The molecule has 5 nitrogen and oxygen atoms in total. The molecular weight excluding hydrogens is 278 g/mol. The summed E-state index contributed by atoms with van der Waals surface area (Å²) in [7, 11) is 0. The van der Waals surface area contributed by atoms with Gasteiger partial charge in [-0.05, 0) is 44.9 Å². The molecule has 1 heterocycles. The van der Waals surface area contributed by atoms with Crippen LogP contribution in [-0.2, 0) is 4.79 Å². The normalized spacial score (nSPS) is 22.4. The van der Waals surface area contributed by atoms with Crippen LogP contribution in [-0.4, -0.2) is 41.9 Å². The summed E-state index contributed by atoms with van der Waals surface area (Å²) >= 11 is 0. The van der Waals surface area contributed by atoms with Gasteiger partial charge in [-0.1, -0.05) is 18.2 Å². The number of carbonyl (C=O) groups excluding carboxylic acids is 2. The first-order chi connectivity index (χ1) is 10.5. The van der Waals surface area contributed by atoms with Crippen LogP contribution in [0.15, 0.2) is 30.3 Å². The van der Waals surface area contributed by atoms with E-state index in [1.807, 2.05) is 30.0 Å². The molecule has 5 heteroatoms. The second-order valence-corrected chi connectivity index (χ2v) is 6.18. The van der Waals surface area contributed by atoms with Gasteiger partial charge >= 0.3 is 0 Å². The number of benzene rings is 1. The molecule has 0 radical (unpaired) electrons. The average Bonchev–Trinajstić information content (AvgIpc) is 2.89. The Balaban J connectivity index is 1.85. The third-order valence-corrected chi connectivity index (χ3v) is 4.21. The molecule has 2 rings (SSSR count). The summed E-state index contributed by atoms with van der Waals surface area (Å²) in [6.45, 7) is 5.27. The van der Waals surface area contributed by atoms with Gasteiger partial charge in [-0.25, -0.2) is 0 Å². The van der Waals surface area contributed by atoms with Gasteiger partial charge < -0.3 is 16.0 Å². The lowest BCUT2D eigenvalue weighted by atomic mass is 10.1. The van der Waals surface area contributed by atoms with E-state index in [2.05, 4.69) is 12.2 Å². The fraction of sp³-hybridized carbons (Fsp3) is 0.529. The fourth-order valence-electron chi connectivity index (χ4n) is 2.99. The second kappa shape index (κ2) is 7.40. The number of hydrogen-bond donors (Lipinski definition) is 2. The predicted molar refractivity (Wildman–Crippen MR) is 86.3 cm³/mol. The minimum absolute atomic E-state index is 0.0873. The summed E-state index contributed by atoms with van der Waals surface area (Å²) < 4.78 is 0. The number of nitrogens with zero attached hydrogens (tertiary/aromatic N) is 1. The van der Waals surface area contributed by atoms with Gasteiger partial charge in [-0.2, -0.15) is 0 Å². The van der Waals surface area contributed by atoms with E-state index in [0.29, 0.717) is 24.4 Å². The number of likely N-dealkylation sites (tertiary alicyclic amines) is 1. The molecule has 0 aliphatic carbocycles. The highest BCUT2D eigenvalue weighted by Gasteiger charge is 2.32. The Bertz CT molecular complexity index is 518. The standard InChI is InChI=1S/C17H25N3O2/c1-12(19-17(22)15-6-4-3-5-7-15)8-16(21)20-11-14(10-18)9-13(20)2/h3-7,12-14H,8-11,18H2,1-2H3,(H,19,22). The van der Waals surface area contributed by atoms with Gasteiger partial charge in [0.2, 0.25) is 5.91 Å². The molecule has 1 aromatic carbocycles. The molecule has 1 aliphatic heterocycles. The summed E-state index contributed by atoms with van der Waals surface area (Å²) in [5.41, 5.74) is 6.31. The largest absolute Gasteiger partial charge is 0.349 e. The van der Waals surface area contributed by atoms with Gasteiger partial charge in [0, 0.05) is 30.6 Å². The van der Waals surface area contributed by atoms with Crippen molar-refractivity contribution >= 4 is 11.8 Å². The van der Waals surface area contributed by atoms with Crippen molar-refractivity contribution in [1.82, 2.24) is 10.2 Å². The van der Waals surface area contributed by atoms with Gasteiger partial charge in [-0.3, -0.25) is 9.59 Å². The lowest BCUT2D eigenvalue weighted by molar-refractivity contribution is -0.132. The first-order valence-electron chi connectivity index (χ1n) is 7.86. The molecule has 120 valence electrons. The highest BCUT2D eigenvalue weighted by Crippen LogP contribution is 2.23. The van der Waals surface area contributed by atoms with Crippen molar-refractivity contribution < 1.29 is 9.59 Å². The summed E-state index contributed by atoms with van der Waals surface area (Å²) in [5.74, 6) is 0.340. The minimum atomic E-state index is -0.190. The predicted octanol–water partition coefficient (Wildman–Crippen LogP) is 1.39. The van der Waals surface area contributed by atoms with E-state index in [0.717, 1.165) is 13.0 Å². The topological polar surface area (TPSA) is 75.4 Å². The molecule has 0 saturated carbocycles. The van der Waals surface area contributed by atoms with Crippen LogP contribution in [0.25, 0.3) is 0 Å². The van der Waals surface area contributed by atoms with Crippen molar-refractivity contribution in [3.63, 3.8) is 0 Å². The Hall–Kier alpha value is -1.88. The van der Waals surface area contributed by atoms with E-state index >= 15 is 0 Å². The van der Waals surface area contributed by atoms with E-state index in [9.17, 15) is 9.59 Å². The molecule has 3 atom stereocenters. The first-order valence-corrected chi connectivity index (χ1v) is 7.86. The molecule has 1 fully saturated rings. The van der Waals surface area contributed by atoms with Crippen LogP contribution in [0.5, 0.6) is 0 Å².